The zero-order chi connectivity index (χ0) is 18.5. The van der Waals surface area contributed by atoms with Gasteiger partial charge >= 0.3 is 5.97 Å². The van der Waals surface area contributed by atoms with E-state index in [1.54, 1.807) is 23.5 Å². The Morgan fingerprint density at radius 3 is 2.58 bits per heavy atom. The zero-order valence-corrected chi connectivity index (χ0v) is 15.5. The highest BCUT2D eigenvalue weighted by molar-refractivity contribution is 7.98. The van der Waals surface area contributed by atoms with E-state index in [1.165, 1.54) is 11.8 Å². The molecule has 3 rings (SSSR count). The first kappa shape index (κ1) is 18.1. The molecule has 0 bridgehead atoms. The number of ether oxygens (including phenoxy) is 1. The summed E-state index contributed by atoms with van der Waals surface area (Å²) in [5.41, 5.74) is 12.5. The summed E-state index contributed by atoms with van der Waals surface area (Å²) < 4.78 is 5.29. The molecule has 0 aliphatic heterocycles. The van der Waals surface area contributed by atoms with Crippen molar-refractivity contribution in [3.8, 4) is 0 Å². The number of thiazole rings is 1. The number of nitrogen functional groups attached to an aromatic ring is 2. The molecule has 0 aliphatic carbocycles. The molecule has 134 valence electrons. The first-order chi connectivity index (χ1) is 12.5. The molecule has 3 aromatic rings. The molecule has 2 heterocycles. The number of esters is 1. The average Bonchev–Trinajstić information content (AvgIpc) is 3.03. The van der Waals surface area contributed by atoms with Gasteiger partial charge in [-0.3, -0.25) is 0 Å². The van der Waals surface area contributed by atoms with Crippen molar-refractivity contribution in [1.82, 2.24) is 19.9 Å². The Morgan fingerprint density at radius 1 is 1.15 bits per heavy atom. The normalized spacial score (nSPS) is 10.7. The summed E-state index contributed by atoms with van der Waals surface area (Å²) in [4.78, 5) is 29.1. The van der Waals surface area contributed by atoms with Gasteiger partial charge in [0.25, 0.3) is 0 Å². The smallest absolute Gasteiger partial charge is 0.339 e. The molecule has 2 aromatic heterocycles. The predicted molar refractivity (Wildman–Crippen MR) is 101 cm³/mol. The van der Waals surface area contributed by atoms with Crippen LogP contribution >= 0.6 is 23.1 Å². The first-order valence-corrected chi connectivity index (χ1v) is 9.43. The molecular weight excluding hydrogens is 372 g/mol. The standard InChI is InChI=1S/C16H16N6O2S2/c1-9-19-10(7-25-9)8-26-12-5-3-2-4-11(12)14(23)24-6-13-20-15(17)22-16(18)21-13/h2-5,7H,6,8H2,1H3,(H4,17,18,20,21,22). The minimum absolute atomic E-state index is 0.0157. The van der Waals surface area contributed by atoms with Crippen molar-refractivity contribution in [2.45, 2.75) is 24.2 Å². The minimum Gasteiger partial charge on any atom is -0.454 e. The number of benzene rings is 1. The predicted octanol–water partition coefficient (Wildman–Crippen LogP) is 2.45. The summed E-state index contributed by atoms with van der Waals surface area (Å²) >= 11 is 3.13. The molecule has 1 aromatic carbocycles. The van der Waals surface area contributed by atoms with Gasteiger partial charge in [0.05, 0.1) is 16.3 Å². The van der Waals surface area contributed by atoms with Crippen molar-refractivity contribution in [2.75, 3.05) is 11.5 Å². The highest BCUT2D eigenvalue weighted by Crippen LogP contribution is 2.27. The molecule has 0 saturated carbocycles. The highest BCUT2D eigenvalue weighted by Gasteiger charge is 2.14. The van der Waals surface area contributed by atoms with Gasteiger partial charge in [-0.25, -0.2) is 9.78 Å². The maximum absolute atomic E-state index is 12.4. The van der Waals surface area contributed by atoms with Crippen molar-refractivity contribution in [2.24, 2.45) is 0 Å². The first-order valence-electron chi connectivity index (χ1n) is 7.57. The van der Waals surface area contributed by atoms with Gasteiger partial charge in [0.2, 0.25) is 11.9 Å². The lowest BCUT2D eigenvalue weighted by molar-refractivity contribution is 0.0458. The van der Waals surface area contributed by atoms with Crippen molar-refractivity contribution >= 4 is 41.0 Å². The Kier molecular flexibility index (Phi) is 5.64. The van der Waals surface area contributed by atoms with E-state index in [4.69, 9.17) is 16.2 Å². The monoisotopic (exact) mass is 388 g/mol. The van der Waals surface area contributed by atoms with Crippen LogP contribution in [-0.4, -0.2) is 25.9 Å². The van der Waals surface area contributed by atoms with Gasteiger partial charge in [-0.1, -0.05) is 12.1 Å². The second-order valence-corrected chi connectivity index (χ2v) is 7.27. The number of aryl methyl sites for hydroxylation is 1. The summed E-state index contributed by atoms with van der Waals surface area (Å²) in [7, 11) is 0. The van der Waals surface area contributed by atoms with Gasteiger partial charge in [0, 0.05) is 16.0 Å². The molecular formula is C16H16N6O2S2. The zero-order valence-electron chi connectivity index (χ0n) is 13.9. The lowest BCUT2D eigenvalue weighted by atomic mass is 10.2. The van der Waals surface area contributed by atoms with Crippen molar-refractivity contribution in [3.63, 3.8) is 0 Å². The van der Waals surface area contributed by atoms with E-state index in [9.17, 15) is 4.79 Å². The van der Waals surface area contributed by atoms with Crippen LogP contribution in [0.15, 0.2) is 34.5 Å². The summed E-state index contributed by atoms with van der Waals surface area (Å²) in [5, 5.41) is 3.03. The molecule has 0 atom stereocenters. The number of aromatic nitrogens is 4. The molecule has 0 aliphatic rings. The Hall–Kier alpha value is -2.72. The van der Waals surface area contributed by atoms with Crippen LogP contribution in [0, 0.1) is 6.92 Å². The average molecular weight is 388 g/mol. The lowest BCUT2D eigenvalue weighted by Gasteiger charge is -2.09. The highest BCUT2D eigenvalue weighted by atomic mass is 32.2. The number of hydrogen-bond acceptors (Lipinski definition) is 10. The third-order valence-corrected chi connectivity index (χ3v) is 5.13. The fraction of sp³-hybridized carbons (Fsp3) is 0.188. The molecule has 8 nitrogen and oxygen atoms in total. The number of carbonyl (C=O) groups excluding carboxylic acids is 1. The number of nitrogens with two attached hydrogens (primary N) is 2. The Labute approximate surface area is 158 Å². The second-order valence-electron chi connectivity index (χ2n) is 5.19. The van der Waals surface area contributed by atoms with Gasteiger partial charge in [0.15, 0.2) is 12.4 Å². The van der Waals surface area contributed by atoms with Crippen molar-refractivity contribution in [1.29, 1.82) is 0 Å². The Balaban J connectivity index is 1.67. The molecule has 0 fully saturated rings. The number of anilines is 2. The number of nitrogens with zero attached hydrogens (tertiary/aromatic N) is 4. The van der Waals surface area contributed by atoms with E-state index in [2.05, 4.69) is 19.9 Å². The van der Waals surface area contributed by atoms with Crippen molar-refractivity contribution < 1.29 is 9.53 Å². The van der Waals surface area contributed by atoms with E-state index in [-0.39, 0.29) is 24.3 Å². The van der Waals surface area contributed by atoms with Crippen molar-refractivity contribution in [3.05, 3.63) is 51.7 Å². The molecule has 4 N–H and O–H groups in total. The van der Waals surface area contributed by atoms with Crippen LogP contribution in [0.5, 0.6) is 0 Å². The molecule has 26 heavy (non-hydrogen) atoms. The largest absolute Gasteiger partial charge is 0.454 e. The van der Waals surface area contributed by atoms with Gasteiger partial charge in [0.1, 0.15) is 0 Å². The molecule has 0 unspecified atom stereocenters. The fourth-order valence-corrected chi connectivity index (χ4v) is 3.77. The summed E-state index contributed by atoms with van der Waals surface area (Å²) in [6, 6.07) is 7.25. The molecule has 0 saturated heterocycles. The van der Waals surface area contributed by atoms with E-state index < -0.39 is 5.97 Å². The lowest BCUT2D eigenvalue weighted by Crippen LogP contribution is -2.11. The summed E-state index contributed by atoms with van der Waals surface area (Å²) in [5.74, 6) is 0.373. The summed E-state index contributed by atoms with van der Waals surface area (Å²) in [6.07, 6.45) is 0. The quantitative estimate of drug-likeness (QED) is 0.483. The van der Waals surface area contributed by atoms with Crippen LogP contribution in [0.1, 0.15) is 26.9 Å². The van der Waals surface area contributed by atoms with E-state index >= 15 is 0 Å². The van der Waals surface area contributed by atoms with Gasteiger partial charge in [-0.05, 0) is 19.1 Å². The van der Waals surface area contributed by atoms with Crippen LogP contribution in [0.2, 0.25) is 0 Å². The van der Waals surface area contributed by atoms with Crippen LogP contribution in [0.25, 0.3) is 0 Å². The Morgan fingerprint density at radius 2 is 1.88 bits per heavy atom. The molecule has 10 heteroatoms. The molecule has 0 amide bonds. The third-order valence-electron chi connectivity index (χ3n) is 3.20. The van der Waals surface area contributed by atoms with E-state index in [0.717, 1.165) is 15.6 Å². The van der Waals surface area contributed by atoms with Crippen LogP contribution in [0.3, 0.4) is 0 Å². The van der Waals surface area contributed by atoms with Gasteiger partial charge in [-0.15, -0.1) is 23.1 Å². The molecule has 0 radical (unpaired) electrons. The molecule has 0 spiro atoms. The maximum Gasteiger partial charge on any atom is 0.339 e. The maximum atomic E-state index is 12.4. The topological polar surface area (TPSA) is 130 Å². The second kappa shape index (κ2) is 8.11. The van der Waals surface area contributed by atoms with Gasteiger partial charge < -0.3 is 16.2 Å². The summed E-state index contributed by atoms with van der Waals surface area (Å²) in [6.45, 7) is 1.82. The minimum atomic E-state index is -0.472. The van der Waals surface area contributed by atoms with Crippen LogP contribution < -0.4 is 11.5 Å². The number of thioether (sulfide) groups is 1. The van der Waals surface area contributed by atoms with E-state index in [0.29, 0.717) is 11.3 Å². The Bertz CT molecular complexity index is 910. The van der Waals surface area contributed by atoms with Crippen LogP contribution in [0.4, 0.5) is 11.9 Å². The SMILES string of the molecule is Cc1nc(CSc2ccccc2C(=O)OCc2nc(N)nc(N)n2)cs1. The van der Waals surface area contributed by atoms with E-state index in [1.807, 2.05) is 24.4 Å². The number of carbonyl (C=O) groups is 1. The van der Waals surface area contributed by atoms with Gasteiger partial charge in [-0.2, -0.15) is 15.0 Å². The number of rotatable bonds is 6. The third kappa shape index (κ3) is 4.67. The number of hydrogen-bond donors (Lipinski definition) is 2. The van der Waals surface area contributed by atoms with Crippen LogP contribution in [-0.2, 0) is 17.1 Å². The fourth-order valence-electron chi connectivity index (χ4n) is 2.12.